The molecule has 0 aromatic heterocycles. The standard InChI is InChI=1S/C26H22Cl2N2O2/c1-31-26-14-18(15-29-30-16-22-23(27)10-5-11-24(22)28)12-13-25(26)32-17-20-8-4-7-19-6-2-3-9-21(19)20/h2-15,30H,16-17H2,1H3/b29-15+. The van der Waals surface area contributed by atoms with Gasteiger partial charge in [0.2, 0.25) is 0 Å². The minimum absolute atomic E-state index is 0.429. The van der Waals surface area contributed by atoms with E-state index in [0.29, 0.717) is 34.7 Å². The molecule has 0 radical (unpaired) electrons. The predicted molar refractivity (Wildman–Crippen MR) is 132 cm³/mol. The number of hydrogen-bond acceptors (Lipinski definition) is 4. The van der Waals surface area contributed by atoms with Gasteiger partial charge in [-0.05, 0) is 52.2 Å². The first kappa shape index (κ1) is 22.0. The molecule has 4 nitrogen and oxygen atoms in total. The summed E-state index contributed by atoms with van der Waals surface area (Å²) in [6, 6.07) is 25.6. The van der Waals surface area contributed by atoms with Crippen molar-refractivity contribution in [3.05, 3.63) is 106 Å². The Hall–Kier alpha value is -3.21. The van der Waals surface area contributed by atoms with E-state index in [2.05, 4.69) is 34.8 Å². The van der Waals surface area contributed by atoms with Crippen LogP contribution in [-0.2, 0) is 13.2 Å². The van der Waals surface area contributed by atoms with Gasteiger partial charge in [-0.3, -0.25) is 0 Å². The first-order valence-corrected chi connectivity index (χ1v) is 10.9. The number of methoxy groups -OCH3 is 1. The van der Waals surface area contributed by atoms with Crippen LogP contribution in [0.1, 0.15) is 16.7 Å². The van der Waals surface area contributed by atoms with E-state index in [1.807, 2.05) is 42.5 Å². The lowest BCUT2D eigenvalue weighted by Gasteiger charge is -2.13. The third-order valence-corrected chi connectivity index (χ3v) is 5.78. The highest BCUT2D eigenvalue weighted by Gasteiger charge is 2.08. The van der Waals surface area contributed by atoms with E-state index in [9.17, 15) is 0 Å². The number of rotatable bonds is 8. The Morgan fingerprint density at radius 1 is 0.875 bits per heavy atom. The normalized spacial score (nSPS) is 11.1. The smallest absolute Gasteiger partial charge is 0.161 e. The highest BCUT2D eigenvalue weighted by Crippen LogP contribution is 2.29. The molecule has 0 atom stereocenters. The van der Waals surface area contributed by atoms with Crippen LogP contribution in [0.15, 0.2) is 84.0 Å². The molecule has 0 spiro atoms. The highest BCUT2D eigenvalue weighted by atomic mass is 35.5. The van der Waals surface area contributed by atoms with Gasteiger partial charge in [0.05, 0.1) is 19.9 Å². The van der Waals surface area contributed by atoms with E-state index in [1.54, 1.807) is 25.5 Å². The number of halogens is 2. The van der Waals surface area contributed by atoms with Crippen LogP contribution in [0.5, 0.6) is 11.5 Å². The van der Waals surface area contributed by atoms with E-state index >= 15 is 0 Å². The van der Waals surface area contributed by atoms with Gasteiger partial charge in [0.1, 0.15) is 6.61 Å². The van der Waals surface area contributed by atoms with Crippen LogP contribution in [0.4, 0.5) is 0 Å². The highest BCUT2D eigenvalue weighted by molar-refractivity contribution is 6.35. The largest absolute Gasteiger partial charge is 0.493 e. The molecule has 4 aromatic carbocycles. The second-order valence-electron chi connectivity index (χ2n) is 7.13. The fourth-order valence-electron chi connectivity index (χ4n) is 3.40. The number of ether oxygens (including phenoxy) is 2. The lowest BCUT2D eigenvalue weighted by Crippen LogP contribution is -2.06. The number of hydrazone groups is 1. The molecule has 0 saturated carbocycles. The van der Waals surface area contributed by atoms with Gasteiger partial charge in [-0.25, -0.2) is 0 Å². The van der Waals surface area contributed by atoms with E-state index < -0.39 is 0 Å². The van der Waals surface area contributed by atoms with E-state index in [4.69, 9.17) is 32.7 Å². The van der Waals surface area contributed by atoms with Crippen molar-refractivity contribution in [1.29, 1.82) is 0 Å². The zero-order valence-electron chi connectivity index (χ0n) is 17.5. The SMILES string of the molecule is COc1cc(/C=N/NCc2c(Cl)cccc2Cl)ccc1OCc1cccc2ccccc12. The first-order valence-electron chi connectivity index (χ1n) is 10.1. The Balaban J connectivity index is 1.42. The summed E-state index contributed by atoms with van der Waals surface area (Å²) in [5.41, 5.74) is 5.78. The van der Waals surface area contributed by atoms with Crippen LogP contribution in [0.2, 0.25) is 10.0 Å². The van der Waals surface area contributed by atoms with Crippen LogP contribution in [0, 0.1) is 0 Å². The van der Waals surface area contributed by atoms with Crippen LogP contribution in [0.25, 0.3) is 10.8 Å². The molecule has 4 rings (SSSR count). The van der Waals surface area contributed by atoms with Crippen molar-refractivity contribution in [1.82, 2.24) is 5.43 Å². The van der Waals surface area contributed by atoms with Gasteiger partial charge in [0.15, 0.2) is 11.5 Å². The van der Waals surface area contributed by atoms with Gasteiger partial charge in [-0.1, -0.05) is 71.7 Å². The summed E-state index contributed by atoms with van der Waals surface area (Å²) in [5, 5.41) is 7.85. The second kappa shape index (κ2) is 10.4. The number of benzene rings is 4. The predicted octanol–water partition coefficient (Wildman–Crippen LogP) is 6.86. The summed E-state index contributed by atoms with van der Waals surface area (Å²) < 4.78 is 11.6. The topological polar surface area (TPSA) is 42.8 Å². The fourth-order valence-corrected chi connectivity index (χ4v) is 3.93. The average Bonchev–Trinajstić information content (AvgIpc) is 2.82. The van der Waals surface area contributed by atoms with Crippen LogP contribution < -0.4 is 14.9 Å². The van der Waals surface area contributed by atoms with Crippen LogP contribution in [0.3, 0.4) is 0 Å². The molecule has 0 amide bonds. The summed E-state index contributed by atoms with van der Waals surface area (Å²) in [5.74, 6) is 1.32. The molecule has 1 N–H and O–H groups in total. The summed E-state index contributed by atoms with van der Waals surface area (Å²) in [4.78, 5) is 0. The maximum atomic E-state index is 6.18. The number of nitrogens with zero attached hydrogens (tertiary/aromatic N) is 1. The Morgan fingerprint density at radius 2 is 1.62 bits per heavy atom. The molecule has 0 bridgehead atoms. The molecule has 32 heavy (non-hydrogen) atoms. The monoisotopic (exact) mass is 464 g/mol. The zero-order chi connectivity index (χ0) is 22.3. The molecule has 0 aliphatic rings. The quantitative estimate of drug-likeness (QED) is 0.228. The van der Waals surface area contributed by atoms with Crippen LogP contribution in [-0.4, -0.2) is 13.3 Å². The molecule has 162 valence electrons. The lowest BCUT2D eigenvalue weighted by atomic mass is 10.1. The van der Waals surface area contributed by atoms with Crippen molar-refractivity contribution in [3.63, 3.8) is 0 Å². The van der Waals surface area contributed by atoms with Crippen molar-refractivity contribution in [2.24, 2.45) is 5.10 Å². The molecule has 0 heterocycles. The lowest BCUT2D eigenvalue weighted by molar-refractivity contribution is 0.285. The average molecular weight is 465 g/mol. The van der Waals surface area contributed by atoms with Gasteiger partial charge in [0.25, 0.3) is 0 Å². The maximum Gasteiger partial charge on any atom is 0.161 e. The van der Waals surface area contributed by atoms with Gasteiger partial charge in [-0.2, -0.15) is 5.10 Å². The van der Waals surface area contributed by atoms with E-state index in [0.717, 1.165) is 16.7 Å². The summed E-state index contributed by atoms with van der Waals surface area (Å²) in [6.45, 7) is 0.879. The van der Waals surface area contributed by atoms with Gasteiger partial charge in [0, 0.05) is 15.6 Å². The molecule has 0 saturated heterocycles. The van der Waals surface area contributed by atoms with Gasteiger partial charge in [-0.15, -0.1) is 0 Å². The minimum atomic E-state index is 0.429. The Kier molecular flexibility index (Phi) is 7.15. The molecule has 4 aromatic rings. The minimum Gasteiger partial charge on any atom is -0.493 e. The summed E-state index contributed by atoms with van der Waals surface area (Å²) >= 11 is 12.4. The van der Waals surface area contributed by atoms with E-state index in [1.165, 1.54) is 10.8 Å². The molecular formula is C26H22Cl2N2O2. The molecule has 0 fully saturated rings. The van der Waals surface area contributed by atoms with Gasteiger partial charge < -0.3 is 14.9 Å². The second-order valence-corrected chi connectivity index (χ2v) is 7.94. The van der Waals surface area contributed by atoms with Gasteiger partial charge >= 0.3 is 0 Å². The van der Waals surface area contributed by atoms with Crippen molar-refractivity contribution in [2.45, 2.75) is 13.2 Å². The zero-order valence-corrected chi connectivity index (χ0v) is 19.0. The summed E-state index contributed by atoms with van der Waals surface area (Å²) in [6.07, 6.45) is 1.71. The van der Waals surface area contributed by atoms with Crippen molar-refractivity contribution >= 4 is 40.2 Å². The Morgan fingerprint density at radius 3 is 2.44 bits per heavy atom. The van der Waals surface area contributed by atoms with Crippen molar-refractivity contribution < 1.29 is 9.47 Å². The number of fused-ring (bicyclic) bond motifs is 1. The third kappa shape index (κ3) is 5.16. The molecule has 0 aliphatic carbocycles. The van der Waals surface area contributed by atoms with Crippen molar-refractivity contribution in [2.75, 3.05) is 7.11 Å². The molecular weight excluding hydrogens is 443 g/mol. The maximum absolute atomic E-state index is 6.18. The molecule has 6 heteroatoms. The molecule has 0 aliphatic heterocycles. The third-order valence-electron chi connectivity index (χ3n) is 5.07. The Bertz CT molecular complexity index is 1230. The molecule has 0 unspecified atom stereocenters. The first-order chi connectivity index (χ1) is 15.7. The number of nitrogens with one attached hydrogen (secondary N) is 1. The van der Waals surface area contributed by atoms with E-state index in [-0.39, 0.29) is 0 Å². The van der Waals surface area contributed by atoms with Crippen molar-refractivity contribution in [3.8, 4) is 11.5 Å². The fraction of sp³-hybridized carbons (Fsp3) is 0.115. The Labute approximate surface area is 197 Å². The number of hydrogen-bond donors (Lipinski definition) is 1. The van der Waals surface area contributed by atoms with Crippen LogP contribution >= 0.6 is 23.2 Å². The summed E-state index contributed by atoms with van der Waals surface area (Å²) in [7, 11) is 1.62.